The summed E-state index contributed by atoms with van der Waals surface area (Å²) >= 11 is 1.89. The lowest BCUT2D eigenvalue weighted by atomic mass is 9.95. The summed E-state index contributed by atoms with van der Waals surface area (Å²) in [7, 11) is 2.02. The van der Waals surface area contributed by atoms with Crippen LogP contribution in [-0.2, 0) is 10.5 Å². The molecule has 1 fully saturated rings. The minimum atomic E-state index is -0.390. The SMILES string of the molecule is Cc1ccc(C(CN(C)C(C)C)C(=O)N2CCN(c3ncnc4c3C(C)SC4)CC2)cc1F. The first-order valence-corrected chi connectivity index (χ1v) is 12.8. The predicted octanol–water partition coefficient (Wildman–Crippen LogP) is 4.00. The molecule has 8 heteroatoms. The Balaban J connectivity index is 1.50. The molecule has 0 radical (unpaired) electrons. The maximum Gasteiger partial charge on any atom is 0.231 e. The van der Waals surface area contributed by atoms with E-state index in [-0.39, 0.29) is 11.7 Å². The van der Waals surface area contributed by atoms with E-state index in [1.54, 1.807) is 19.3 Å². The molecule has 3 heterocycles. The summed E-state index contributed by atoms with van der Waals surface area (Å²) in [5.41, 5.74) is 3.72. The molecule has 1 aromatic carbocycles. The van der Waals surface area contributed by atoms with E-state index in [0.717, 1.165) is 35.9 Å². The number of carbonyl (C=O) groups excluding carboxylic acids is 1. The van der Waals surface area contributed by atoms with Gasteiger partial charge in [0.1, 0.15) is 18.0 Å². The largest absolute Gasteiger partial charge is 0.353 e. The van der Waals surface area contributed by atoms with Crippen LogP contribution in [0.3, 0.4) is 0 Å². The third-order valence-electron chi connectivity index (χ3n) is 6.96. The van der Waals surface area contributed by atoms with Crippen molar-refractivity contribution in [3.8, 4) is 0 Å². The van der Waals surface area contributed by atoms with Crippen molar-refractivity contribution in [3.05, 3.63) is 52.7 Å². The van der Waals surface area contributed by atoms with Gasteiger partial charge in [-0.3, -0.25) is 4.79 Å². The fourth-order valence-corrected chi connectivity index (χ4v) is 5.55. The Morgan fingerprint density at radius 1 is 1.24 bits per heavy atom. The smallest absolute Gasteiger partial charge is 0.231 e. The van der Waals surface area contributed by atoms with Crippen molar-refractivity contribution in [1.82, 2.24) is 19.8 Å². The first kappa shape index (κ1) is 24.0. The topological polar surface area (TPSA) is 52.6 Å². The first-order valence-electron chi connectivity index (χ1n) is 11.7. The van der Waals surface area contributed by atoms with Crippen molar-refractivity contribution >= 4 is 23.5 Å². The molecule has 2 unspecified atom stereocenters. The Hall–Kier alpha value is -2.19. The van der Waals surface area contributed by atoms with Gasteiger partial charge in [-0.2, -0.15) is 0 Å². The number of rotatable bonds is 6. The lowest BCUT2D eigenvalue weighted by Gasteiger charge is -2.38. The van der Waals surface area contributed by atoms with Gasteiger partial charge in [-0.25, -0.2) is 14.4 Å². The van der Waals surface area contributed by atoms with Crippen molar-refractivity contribution in [2.24, 2.45) is 0 Å². The summed E-state index contributed by atoms with van der Waals surface area (Å²) < 4.78 is 14.4. The molecule has 0 saturated carbocycles. The Morgan fingerprint density at radius 2 is 1.97 bits per heavy atom. The highest BCUT2D eigenvalue weighted by atomic mass is 32.2. The van der Waals surface area contributed by atoms with Crippen LogP contribution in [0.15, 0.2) is 24.5 Å². The molecule has 33 heavy (non-hydrogen) atoms. The average molecular weight is 472 g/mol. The van der Waals surface area contributed by atoms with E-state index in [9.17, 15) is 9.18 Å². The molecule has 2 aliphatic rings. The first-order chi connectivity index (χ1) is 15.8. The summed E-state index contributed by atoms with van der Waals surface area (Å²) in [6.45, 7) is 11.5. The van der Waals surface area contributed by atoms with Crippen molar-refractivity contribution in [3.63, 3.8) is 0 Å². The number of aromatic nitrogens is 2. The monoisotopic (exact) mass is 471 g/mol. The molecule has 6 nitrogen and oxygen atoms in total. The van der Waals surface area contributed by atoms with Gasteiger partial charge in [0.25, 0.3) is 0 Å². The van der Waals surface area contributed by atoms with E-state index in [2.05, 4.69) is 40.5 Å². The summed E-state index contributed by atoms with van der Waals surface area (Å²) in [4.78, 5) is 29.1. The quantitative estimate of drug-likeness (QED) is 0.635. The second kappa shape index (κ2) is 9.97. The third-order valence-corrected chi connectivity index (χ3v) is 8.14. The summed E-state index contributed by atoms with van der Waals surface area (Å²) in [5.74, 6) is 1.37. The molecule has 2 aliphatic heterocycles. The van der Waals surface area contributed by atoms with Gasteiger partial charge >= 0.3 is 0 Å². The van der Waals surface area contributed by atoms with Crippen LogP contribution in [0, 0.1) is 12.7 Å². The number of carbonyl (C=O) groups is 1. The van der Waals surface area contributed by atoms with Gasteiger partial charge in [-0.05, 0) is 51.9 Å². The minimum Gasteiger partial charge on any atom is -0.353 e. The fraction of sp³-hybridized carbons (Fsp3) is 0.560. The van der Waals surface area contributed by atoms with Gasteiger partial charge in [0.05, 0.1) is 11.6 Å². The highest BCUT2D eigenvalue weighted by molar-refractivity contribution is 7.99. The number of piperazine rings is 1. The van der Waals surface area contributed by atoms with Crippen LogP contribution in [0.2, 0.25) is 0 Å². The number of anilines is 1. The maximum atomic E-state index is 14.4. The van der Waals surface area contributed by atoms with Gasteiger partial charge in [0, 0.05) is 55.3 Å². The molecular formula is C25H34FN5OS. The zero-order valence-electron chi connectivity index (χ0n) is 20.2. The molecule has 1 saturated heterocycles. The second-order valence-corrected chi connectivity index (χ2v) is 10.7. The van der Waals surface area contributed by atoms with E-state index in [1.165, 1.54) is 11.6 Å². The van der Waals surface area contributed by atoms with E-state index in [0.29, 0.717) is 36.5 Å². The summed E-state index contributed by atoms with van der Waals surface area (Å²) in [5, 5.41) is 0.392. The predicted molar refractivity (Wildman–Crippen MR) is 132 cm³/mol. The average Bonchev–Trinajstić information content (AvgIpc) is 3.20. The van der Waals surface area contributed by atoms with E-state index in [4.69, 9.17) is 0 Å². The Kier molecular flexibility index (Phi) is 7.24. The summed E-state index contributed by atoms with van der Waals surface area (Å²) in [6.07, 6.45) is 1.66. The maximum absolute atomic E-state index is 14.4. The van der Waals surface area contributed by atoms with E-state index < -0.39 is 5.92 Å². The highest BCUT2D eigenvalue weighted by Crippen LogP contribution is 2.44. The lowest BCUT2D eigenvalue weighted by Crippen LogP contribution is -2.51. The zero-order valence-corrected chi connectivity index (χ0v) is 21.0. The van der Waals surface area contributed by atoms with Crippen LogP contribution < -0.4 is 4.90 Å². The summed E-state index contributed by atoms with van der Waals surface area (Å²) in [6, 6.07) is 5.50. The van der Waals surface area contributed by atoms with Gasteiger partial charge in [-0.15, -0.1) is 11.8 Å². The molecule has 178 valence electrons. The van der Waals surface area contributed by atoms with Crippen molar-refractivity contribution < 1.29 is 9.18 Å². The second-order valence-electron chi connectivity index (χ2n) is 9.42. The van der Waals surface area contributed by atoms with Crippen molar-refractivity contribution in [2.45, 2.75) is 50.7 Å². The van der Waals surface area contributed by atoms with Crippen molar-refractivity contribution in [2.75, 3.05) is 44.7 Å². The Bertz CT molecular complexity index is 1010. The molecule has 0 aliphatic carbocycles. The van der Waals surface area contributed by atoms with Crippen LogP contribution in [0.4, 0.5) is 10.2 Å². The number of halogens is 1. The molecule has 0 spiro atoms. The van der Waals surface area contributed by atoms with Crippen LogP contribution in [-0.4, -0.2) is 71.5 Å². The number of amides is 1. The van der Waals surface area contributed by atoms with Crippen LogP contribution >= 0.6 is 11.8 Å². The molecule has 2 atom stereocenters. The van der Waals surface area contributed by atoms with Crippen LogP contribution in [0.5, 0.6) is 0 Å². The number of aryl methyl sites for hydroxylation is 1. The Labute approximate surface area is 200 Å². The molecule has 4 rings (SSSR count). The normalized spacial score (nSPS) is 19.3. The van der Waals surface area contributed by atoms with Gasteiger partial charge < -0.3 is 14.7 Å². The van der Waals surface area contributed by atoms with E-state index >= 15 is 0 Å². The molecule has 0 bridgehead atoms. The number of thioether (sulfide) groups is 1. The molecule has 0 N–H and O–H groups in total. The molecule has 1 aromatic heterocycles. The van der Waals surface area contributed by atoms with Gasteiger partial charge in [-0.1, -0.05) is 12.1 Å². The highest BCUT2D eigenvalue weighted by Gasteiger charge is 2.33. The fourth-order valence-electron chi connectivity index (χ4n) is 4.50. The molecule has 2 aromatic rings. The number of likely N-dealkylation sites (N-methyl/N-ethyl adjacent to an activating group) is 1. The van der Waals surface area contributed by atoms with Crippen LogP contribution in [0.1, 0.15) is 54.3 Å². The van der Waals surface area contributed by atoms with Crippen molar-refractivity contribution in [1.29, 1.82) is 0 Å². The van der Waals surface area contributed by atoms with Gasteiger partial charge in [0.15, 0.2) is 0 Å². The number of benzene rings is 1. The standard InChI is InChI=1S/C25H34FN5OS/c1-16(2)29(5)13-20(19-7-6-17(3)21(26)12-19)25(32)31-10-8-30(9-11-31)24-23-18(4)33-14-22(23)27-15-28-24/h6-7,12,15-16,18,20H,8-11,13-14H2,1-5H3. The van der Waals surface area contributed by atoms with Gasteiger partial charge in [0.2, 0.25) is 5.91 Å². The molecule has 1 amide bonds. The van der Waals surface area contributed by atoms with E-state index in [1.807, 2.05) is 29.8 Å². The molecular weight excluding hydrogens is 437 g/mol. The Morgan fingerprint density at radius 3 is 2.64 bits per heavy atom. The van der Waals surface area contributed by atoms with Crippen LogP contribution in [0.25, 0.3) is 0 Å². The number of fused-ring (bicyclic) bond motifs is 1. The zero-order chi connectivity index (χ0) is 23.7. The number of hydrogen-bond donors (Lipinski definition) is 0. The third kappa shape index (κ3) is 5.01. The number of nitrogens with zero attached hydrogens (tertiary/aromatic N) is 5. The minimum absolute atomic E-state index is 0.0715. The number of hydrogen-bond acceptors (Lipinski definition) is 6. The lowest BCUT2D eigenvalue weighted by molar-refractivity contribution is -0.133.